The van der Waals surface area contributed by atoms with Crippen molar-refractivity contribution >= 4 is 5.91 Å². The molecule has 0 fully saturated rings. The van der Waals surface area contributed by atoms with E-state index in [0.29, 0.717) is 10.1 Å². The Balaban J connectivity index is 2.04. The standard InChI is InChI=1S/C16H19F2N3O2/c1-16(23,12-6-4-3-5-7-12)10-14(22)20(2)11-13-19-8-9-21(13)15(17)18/h3-9,15,23H,10-11H2,1-2H3. The summed E-state index contributed by atoms with van der Waals surface area (Å²) in [6.07, 6.45) is 2.28. The number of halogens is 2. The van der Waals surface area contributed by atoms with Gasteiger partial charge in [0.15, 0.2) is 0 Å². The van der Waals surface area contributed by atoms with Crippen LogP contribution in [0.2, 0.25) is 0 Å². The summed E-state index contributed by atoms with van der Waals surface area (Å²) < 4.78 is 26.3. The van der Waals surface area contributed by atoms with Gasteiger partial charge >= 0.3 is 6.55 Å². The second kappa shape index (κ2) is 6.87. The van der Waals surface area contributed by atoms with Crippen molar-refractivity contribution in [3.8, 4) is 0 Å². The molecule has 1 amide bonds. The van der Waals surface area contributed by atoms with Gasteiger partial charge in [-0.3, -0.25) is 9.36 Å². The molecule has 0 spiro atoms. The van der Waals surface area contributed by atoms with E-state index in [1.165, 1.54) is 24.3 Å². The Morgan fingerprint density at radius 3 is 2.65 bits per heavy atom. The van der Waals surface area contributed by atoms with Crippen molar-refractivity contribution in [1.29, 1.82) is 0 Å². The molecule has 1 N–H and O–H groups in total. The Bertz CT molecular complexity index is 656. The molecule has 23 heavy (non-hydrogen) atoms. The predicted molar refractivity (Wildman–Crippen MR) is 80.6 cm³/mol. The number of benzene rings is 1. The van der Waals surface area contributed by atoms with Crippen LogP contribution in [0.4, 0.5) is 8.78 Å². The highest BCUT2D eigenvalue weighted by Gasteiger charge is 2.28. The lowest BCUT2D eigenvalue weighted by atomic mass is 9.92. The van der Waals surface area contributed by atoms with E-state index < -0.39 is 12.2 Å². The second-order valence-corrected chi connectivity index (χ2v) is 5.59. The highest BCUT2D eigenvalue weighted by atomic mass is 19.3. The van der Waals surface area contributed by atoms with E-state index >= 15 is 0 Å². The first-order valence-electron chi connectivity index (χ1n) is 7.13. The summed E-state index contributed by atoms with van der Waals surface area (Å²) in [6, 6.07) is 8.83. The van der Waals surface area contributed by atoms with Crippen molar-refractivity contribution in [1.82, 2.24) is 14.5 Å². The van der Waals surface area contributed by atoms with Crippen LogP contribution >= 0.6 is 0 Å². The number of hydrogen-bond donors (Lipinski definition) is 1. The quantitative estimate of drug-likeness (QED) is 0.889. The Morgan fingerprint density at radius 2 is 2.04 bits per heavy atom. The fourth-order valence-corrected chi connectivity index (χ4v) is 2.27. The molecule has 0 bridgehead atoms. The largest absolute Gasteiger partial charge is 0.385 e. The molecule has 1 aromatic heterocycles. The molecular formula is C16H19F2N3O2. The Labute approximate surface area is 133 Å². The summed E-state index contributed by atoms with van der Waals surface area (Å²) >= 11 is 0. The normalized spacial score (nSPS) is 13.8. The van der Waals surface area contributed by atoms with Crippen molar-refractivity contribution in [2.45, 2.75) is 32.0 Å². The zero-order valence-corrected chi connectivity index (χ0v) is 13.0. The van der Waals surface area contributed by atoms with Gasteiger partial charge in [-0.1, -0.05) is 30.3 Å². The Kier molecular flexibility index (Phi) is 5.10. The molecule has 0 aliphatic carbocycles. The van der Waals surface area contributed by atoms with Crippen LogP contribution in [0.3, 0.4) is 0 Å². The molecule has 5 nitrogen and oxygen atoms in total. The van der Waals surface area contributed by atoms with E-state index in [2.05, 4.69) is 4.98 Å². The fraction of sp³-hybridized carbons (Fsp3) is 0.375. The minimum absolute atomic E-state index is 0.0545. The number of imidazole rings is 1. The van der Waals surface area contributed by atoms with Gasteiger partial charge in [0, 0.05) is 19.4 Å². The van der Waals surface area contributed by atoms with Gasteiger partial charge in [-0.15, -0.1) is 0 Å². The zero-order chi connectivity index (χ0) is 17.0. The molecule has 7 heteroatoms. The van der Waals surface area contributed by atoms with Gasteiger partial charge in [0.05, 0.1) is 18.6 Å². The Morgan fingerprint density at radius 1 is 1.39 bits per heavy atom. The number of nitrogens with zero attached hydrogens (tertiary/aromatic N) is 3. The molecule has 1 atom stereocenters. The van der Waals surface area contributed by atoms with E-state index in [4.69, 9.17) is 0 Å². The monoisotopic (exact) mass is 323 g/mol. The van der Waals surface area contributed by atoms with E-state index in [0.717, 1.165) is 0 Å². The Hall–Kier alpha value is -2.28. The van der Waals surface area contributed by atoms with Crippen LogP contribution in [0.25, 0.3) is 0 Å². The summed E-state index contributed by atoms with van der Waals surface area (Å²) in [4.78, 5) is 17.4. The molecule has 2 rings (SSSR count). The first-order valence-corrected chi connectivity index (χ1v) is 7.13. The van der Waals surface area contributed by atoms with Crippen LogP contribution in [0, 0.1) is 0 Å². The third kappa shape index (κ3) is 4.13. The molecule has 2 aromatic rings. The van der Waals surface area contributed by atoms with E-state index in [1.54, 1.807) is 31.2 Å². The number of carbonyl (C=O) groups is 1. The van der Waals surface area contributed by atoms with E-state index in [9.17, 15) is 18.7 Å². The van der Waals surface area contributed by atoms with Gasteiger partial charge in [0.2, 0.25) is 5.91 Å². The van der Waals surface area contributed by atoms with Gasteiger partial charge < -0.3 is 10.0 Å². The zero-order valence-electron chi connectivity index (χ0n) is 13.0. The number of hydrogen-bond acceptors (Lipinski definition) is 3. The highest BCUT2D eigenvalue weighted by Crippen LogP contribution is 2.25. The van der Waals surface area contributed by atoms with Gasteiger partial charge in [0.25, 0.3) is 0 Å². The predicted octanol–water partition coefficient (Wildman–Crippen LogP) is 2.53. The fourth-order valence-electron chi connectivity index (χ4n) is 2.27. The summed E-state index contributed by atoms with van der Waals surface area (Å²) in [5, 5.41) is 10.5. The maximum absolute atomic E-state index is 12.8. The average molecular weight is 323 g/mol. The topological polar surface area (TPSA) is 58.4 Å². The minimum atomic E-state index is -2.71. The SMILES string of the molecule is CN(Cc1nccn1C(F)F)C(=O)CC(C)(O)c1ccccc1. The average Bonchev–Trinajstić information content (AvgIpc) is 2.96. The third-order valence-electron chi connectivity index (χ3n) is 3.65. The molecular weight excluding hydrogens is 304 g/mol. The van der Waals surface area contributed by atoms with Crippen molar-refractivity contribution in [3.63, 3.8) is 0 Å². The third-order valence-corrected chi connectivity index (χ3v) is 3.65. The van der Waals surface area contributed by atoms with Crippen LogP contribution in [0.15, 0.2) is 42.7 Å². The number of carbonyl (C=O) groups excluding carboxylic acids is 1. The highest BCUT2D eigenvalue weighted by molar-refractivity contribution is 5.77. The van der Waals surface area contributed by atoms with Gasteiger partial charge in [-0.25, -0.2) is 4.98 Å². The summed E-state index contributed by atoms with van der Waals surface area (Å²) in [5.41, 5.74) is -0.707. The molecule has 1 unspecified atom stereocenters. The van der Waals surface area contributed by atoms with Crippen LogP contribution in [0.5, 0.6) is 0 Å². The minimum Gasteiger partial charge on any atom is -0.385 e. The van der Waals surface area contributed by atoms with Gasteiger partial charge in [-0.2, -0.15) is 8.78 Å². The lowest BCUT2D eigenvalue weighted by Gasteiger charge is -2.26. The molecule has 1 heterocycles. The first kappa shape index (κ1) is 17.1. The maximum atomic E-state index is 12.8. The number of aromatic nitrogens is 2. The molecule has 1 aromatic carbocycles. The van der Waals surface area contributed by atoms with Crippen molar-refractivity contribution in [3.05, 3.63) is 54.1 Å². The molecule has 0 aliphatic heterocycles. The number of aliphatic hydroxyl groups is 1. The summed E-state index contributed by atoms with van der Waals surface area (Å²) in [6.45, 7) is -1.21. The van der Waals surface area contributed by atoms with Crippen molar-refractivity contribution in [2.24, 2.45) is 0 Å². The van der Waals surface area contributed by atoms with E-state index in [-0.39, 0.29) is 24.7 Å². The van der Waals surface area contributed by atoms with Gasteiger partial charge in [0.1, 0.15) is 5.82 Å². The van der Waals surface area contributed by atoms with Crippen LogP contribution in [-0.4, -0.2) is 32.5 Å². The second-order valence-electron chi connectivity index (χ2n) is 5.59. The first-order chi connectivity index (χ1) is 10.8. The maximum Gasteiger partial charge on any atom is 0.319 e. The lowest BCUT2D eigenvalue weighted by Crippen LogP contribution is -2.34. The summed E-state index contributed by atoms with van der Waals surface area (Å²) in [7, 11) is 1.49. The van der Waals surface area contributed by atoms with E-state index in [1.807, 2.05) is 6.07 Å². The van der Waals surface area contributed by atoms with Crippen LogP contribution in [0.1, 0.15) is 31.3 Å². The molecule has 0 radical (unpaired) electrons. The van der Waals surface area contributed by atoms with Gasteiger partial charge in [-0.05, 0) is 12.5 Å². The summed E-state index contributed by atoms with van der Waals surface area (Å²) in [5.74, 6) is -0.266. The van der Waals surface area contributed by atoms with Crippen molar-refractivity contribution < 1.29 is 18.7 Å². The molecule has 0 saturated carbocycles. The number of amides is 1. The molecule has 0 aliphatic rings. The smallest absolute Gasteiger partial charge is 0.319 e. The number of alkyl halides is 2. The number of rotatable bonds is 6. The molecule has 124 valence electrons. The van der Waals surface area contributed by atoms with Crippen molar-refractivity contribution in [2.75, 3.05) is 7.05 Å². The van der Waals surface area contributed by atoms with Crippen LogP contribution in [-0.2, 0) is 16.9 Å². The lowest BCUT2D eigenvalue weighted by molar-refractivity contribution is -0.135. The molecule has 0 saturated heterocycles. The van der Waals surface area contributed by atoms with Crippen LogP contribution < -0.4 is 0 Å².